The lowest BCUT2D eigenvalue weighted by atomic mass is 10.3. The fourth-order valence-electron chi connectivity index (χ4n) is 0.613. The fourth-order valence-corrected chi connectivity index (χ4v) is 1.19. The minimum absolute atomic E-state index is 0.308. The third kappa shape index (κ3) is 3.35. The van der Waals surface area contributed by atoms with E-state index in [1.807, 2.05) is 5.32 Å². The first-order chi connectivity index (χ1) is 6.40. The van der Waals surface area contributed by atoms with Gasteiger partial charge in [0.1, 0.15) is 0 Å². The van der Waals surface area contributed by atoms with Crippen molar-refractivity contribution in [2.24, 2.45) is 5.73 Å². The maximum atomic E-state index is 10.5. The number of carboxylic acid groups (broad SMARTS) is 2. The van der Waals surface area contributed by atoms with Gasteiger partial charge in [0.2, 0.25) is 0 Å². The van der Waals surface area contributed by atoms with E-state index in [0.717, 1.165) is 11.8 Å². The number of hydrogen-bond donors (Lipinski definition) is 4. The van der Waals surface area contributed by atoms with Crippen LogP contribution < -0.4 is 11.1 Å². The summed E-state index contributed by atoms with van der Waals surface area (Å²) in [6.45, 7) is 0. The zero-order chi connectivity index (χ0) is 11.3. The summed E-state index contributed by atoms with van der Waals surface area (Å²) in [4.78, 5) is 31.4. The van der Waals surface area contributed by atoms with Gasteiger partial charge < -0.3 is 21.3 Å². The van der Waals surface area contributed by atoms with Gasteiger partial charge >= 0.3 is 18.0 Å². The SMILES string of the molecule is CSC(NC(N)=O)=C(C(=O)O)C(=O)O. The second kappa shape index (κ2) is 5.12. The number of amides is 2. The Balaban J connectivity index is 5.19. The third-order valence-corrected chi connectivity index (χ3v) is 1.81. The molecule has 0 aliphatic rings. The van der Waals surface area contributed by atoms with Crippen LogP contribution in [0.3, 0.4) is 0 Å². The molecule has 0 aliphatic carbocycles. The van der Waals surface area contributed by atoms with E-state index >= 15 is 0 Å². The van der Waals surface area contributed by atoms with Gasteiger partial charge in [-0.3, -0.25) is 0 Å². The molecule has 5 N–H and O–H groups in total. The molecular weight excluding hydrogens is 212 g/mol. The van der Waals surface area contributed by atoms with Gasteiger partial charge in [-0.1, -0.05) is 0 Å². The van der Waals surface area contributed by atoms with Crippen molar-refractivity contribution in [3.63, 3.8) is 0 Å². The van der Waals surface area contributed by atoms with Crippen molar-refractivity contribution in [3.8, 4) is 0 Å². The van der Waals surface area contributed by atoms with Gasteiger partial charge in [0, 0.05) is 0 Å². The number of carbonyl (C=O) groups is 3. The summed E-state index contributed by atoms with van der Waals surface area (Å²) in [5.41, 5.74) is 3.80. The van der Waals surface area contributed by atoms with E-state index in [9.17, 15) is 14.4 Å². The van der Waals surface area contributed by atoms with Crippen molar-refractivity contribution in [2.75, 3.05) is 6.26 Å². The topological polar surface area (TPSA) is 130 Å². The lowest BCUT2D eigenvalue weighted by Crippen LogP contribution is -2.30. The predicted octanol–water partition coefficient (Wildman–Crippen LogP) is -0.602. The largest absolute Gasteiger partial charge is 0.477 e. The monoisotopic (exact) mass is 220 g/mol. The second-order valence-corrected chi connectivity index (χ2v) is 2.82. The highest BCUT2D eigenvalue weighted by molar-refractivity contribution is 8.02. The van der Waals surface area contributed by atoms with Crippen LogP contribution in [0.2, 0.25) is 0 Å². The minimum atomic E-state index is -1.64. The Kier molecular flexibility index (Phi) is 4.50. The van der Waals surface area contributed by atoms with Crippen LogP contribution in [0.4, 0.5) is 4.79 Å². The van der Waals surface area contributed by atoms with Crippen LogP contribution in [0.1, 0.15) is 0 Å². The normalized spacial score (nSPS) is 8.93. The first-order valence-corrected chi connectivity index (χ1v) is 4.44. The molecule has 0 atom stereocenters. The first-order valence-electron chi connectivity index (χ1n) is 3.21. The van der Waals surface area contributed by atoms with Crippen molar-refractivity contribution in [1.29, 1.82) is 0 Å². The van der Waals surface area contributed by atoms with Crippen molar-refractivity contribution < 1.29 is 24.6 Å². The average molecular weight is 220 g/mol. The van der Waals surface area contributed by atoms with Crippen LogP contribution >= 0.6 is 11.8 Å². The molecule has 0 aliphatic heterocycles. The van der Waals surface area contributed by atoms with Gasteiger partial charge in [0.15, 0.2) is 5.57 Å². The summed E-state index contributed by atoms with van der Waals surface area (Å²) in [6.07, 6.45) is 1.41. The highest BCUT2D eigenvalue weighted by Gasteiger charge is 2.22. The standard InChI is InChI=1S/C6H8N2O5S/c1-14-3(8-6(7)13)2(4(9)10)5(11)12/h1H3,(H,9,10)(H,11,12)(H3,7,8,13). The van der Waals surface area contributed by atoms with Crippen molar-refractivity contribution >= 4 is 29.7 Å². The van der Waals surface area contributed by atoms with E-state index in [1.54, 1.807) is 0 Å². The maximum Gasteiger partial charge on any atom is 0.345 e. The molecule has 0 aromatic carbocycles. The van der Waals surface area contributed by atoms with Crippen LogP contribution in [0.25, 0.3) is 0 Å². The molecule has 0 rings (SSSR count). The highest BCUT2D eigenvalue weighted by Crippen LogP contribution is 2.14. The molecule has 2 amide bonds. The van der Waals surface area contributed by atoms with Gasteiger partial charge in [-0.2, -0.15) is 0 Å². The van der Waals surface area contributed by atoms with Crippen LogP contribution in [-0.2, 0) is 9.59 Å². The van der Waals surface area contributed by atoms with Crippen molar-refractivity contribution in [1.82, 2.24) is 5.32 Å². The molecule has 0 heterocycles. The number of aliphatic carboxylic acids is 2. The van der Waals surface area contributed by atoms with E-state index in [4.69, 9.17) is 15.9 Å². The van der Waals surface area contributed by atoms with E-state index in [-0.39, 0.29) is 5.03 Å². The molecular formula is C6H8N2O5S. The number of nitrogens with one attached hydrogen (secondary N) is 1. The quantitative estimate of drug-likeness (QED) is 0.284. The molecule has 7 nitrogen and oxygen atoms in total. The lowest BCUT2D eigenvalue weighted by Gasteiger charge is -2.06. The zero-order valence-corrected chi connectivity index (χ0v) is 7.92. The molecule has 0 unspecified atom stereocenters. The number of thioether (sulfide) groups is 1. The van der Waals surface area contributed by atoms with E-state index in [2.05, 4.69) is 0 Å². The molecule has 78 valence electrons. The van der Waals surface area contributed by atoms with Gasteiger partial charge in [-0.25, -0.2) is 14.4 Å². The van der Waals surface area contributed by atoms with Gasteiger partial charge in [-0.15, -0.1) is 11.8 Å². The van der Waals surface area contributed by atoms with E-state index < -0.39 is 23.5 Å². The molecule has 14 heavy (non-hydrogen) atoms. The number of carboxylic acids is 2. The maximum absolute atomic E-state index is 10.5. The molecule has 0 fully saturated rings. The Morgan fingerprint density at radius 3 is 1.86 bits per heavy atom. The number of carbonyl (C=O) groups excluding carboxylic acids is 1. The number of rotatable bonds is 4. The molecule has 0 saturated heterocycles. The molecule has 0 aromatic heterocycles. The highest BCUT2D eigenvalue weighted by atomic mass is 32.2. The smallest absolute Gasteiger partial charge is 0.345 e. The first kappa shape index (κ1) is 12.3. The number of hydrogen-bond acceptors (Lipinski definition) is 4. The summed E-state index contributed by atoms with van der Waals surface area (Å²) in [7, 11) is 0. The van der Waals surface area contributed by atoms with E-state index in [0.29, 0.717) is 0 Å². The number of primary amides is 1. The number of urea groups is 1. The van der Waals surface area contributed by atoms with Crippen LogP contribution in [-0.4, -0.2) is 34.4 Å². The van der Waals surface area contributed by atoms with Gasteiger partial charge in [0.25, 0.3) is 0 Å². The van der Waals surface area contributed by atoms with Crippen molar-refractivity contribution in [2.45, 2.75) is 0 Å². The Bertz CT molecular complexity index is 295. The summed E-state index contributed by atoms with van der Waals surface area (Å²) in [5.74, 6) is -3.29. The summed E-state index contributed by atoms with van der Waals surface area (Å²) < 4.78 is 0. The molecule has 0 spiro atoms. The second-order valence-electron chi connectivity index (χ2n) is 2.01. The molecule has 0 aromatic rings. The summed E-state index contributed by atoms with van der Waals surface area (Å²) in [6, 6.07) is -1.02. The summed E-state index contributed by atoms with van der Waals surface area (Å²) >= 11 is 0.769. The third-order valence-electron chi connectivity index (χ3n) is 1.10. The van der Waals surface area contributed by atoms with Crippen LogP contribution in [0.5, 0.6) is 0 Å². The lowest BCUT2D eigenvalue weighted by molar-refractivity contribution is -0.140. The molecule has 0 saturated carbocycles. The number of nitrogens with two attached hydrogens (primary N) is 1. The Labute approximate surface area is 83.0 Å². The molecule has 8 heteroatoms. The van der Waals surface area contributed by atoms with E-state index in [1.165, 1.54) is 6.26 Å². The zero-order valence-electron chi connectivity index (χ0n) is 7.10. The predicted molar refractivity (Wildman–Crippen MR) is 48.5 cm³/mol. The fraction of sp³-hybridized carbons (Fsp3) is 0.167. The molecule has 0 bridgehead atoms. The van der Waals surface area contributed by atoms with Crippen LogP contribution in [0, 0.1) is 0 Å². The van der Waals surface area contributed by atoms with Gasteiger partial charge in [-0.05, 0) is 6.26 Å². The van der Waals surface area contributed by atoms with Crippen LogP contribution in [0.15, 0.2) is 10.6 Å². The Morgan fingerprint density at radius 2 is 1.64 bits per heavy atom. The Hall–Kier alpha value is -1.70. The minimum Gasteiger partial charge on any atom is -0.477 e. The molecule has 0 radical (unpaired) electrons. The van der Waals surface area contributed by atoms with Gasteiger partial charge in [0.05, 0.1) is 5.03 Å². The Morgan fingerprint density at radius 1 is 1.21 bits per heavy atom. The summed E-state index contributed by atoms with van der Waals surface area (Å²) in [5, 5.41) is 18.6. The average Bonchev–Trinajstić information content (AvgIpc) is 2.00. The van der Waals surface area contributed by atoms with Crippen molar-refractivity contribution in [3.05, 3.63) is 10.6 Å².